The van der Waals surface area contributed by atoms with Crippen molar-refractivity contribution in [1.29, 1.82) is 0 Å². The van der Waals surface area contributed by atoms with Crippen molar-refractivity contribution in [1.82, 2.24) is 0 Å². The third-order valence-electron chi connectivity index (χ3n) is 5.68. The summed E-state index contributed by atoms with van der Waals surface area (Å²) in [6.07, 6.45) is -4.80. The number of Topliss-reactive ketones (excluding diaryl/α,β-unsaturated/α-hetero) is 1. The second-order valence-corrected chi connectivity index (χ2v) is 7.84. The maximum Gasteiger partial charge on any atom is 0.416 e. The van der Waals surface area contributed by atoms with Crippen molar-refractivity contribution in [3.05, 3.63) is 115 Å². The maximum atomic E-state index is 13.4. The van der Waals surface area contributed by atoms with E-state index < -0.39 is 56.3 Å². The van der Waals surface area contributed by atoms with Crippen molar-refractivity contribution in [2.45, 2.75) is 12.2 Å². The molecular formula is C24H14F3N3O7. The molecule has 1 aliphatic rings. The Labute approximate surface area is 205 Å². The van der Waals surface area contributed by atoms with Crippen molar-refractivity contribution in [2.24, 2.45) is 0 Å². The van der Waals surface area contributed by atoms with E-state index in [1.807, 2.05) is 0 Å². The Bertz CT molecular complexity index is 1480. The number of alkyl halides is 3. The number of ketones is 1. The average Bonchev–Trinajstić information content (AvgIpc) is 3.13. The number of aliphatic hydroxyl groups excluding tert-OH is 1. The smallest absolute Gasteiger partial charge is 0.416 e. The van der Waals surface area contributed by atoms with Crippen LogP contribution in [0.15, 0.2) is 78.4 Å². The Kier molecular flexibility index (Phi) is 6.21. The van der Waals surface area contributed by atoms with Crippen LogP contribution in [0, 0.1) is 20.2 Å². The van der Waals surface area contributed by atoms with Gasteiger partial charge < -0.3 is 5.11 Å². The number of nitro groups is 2. The summed E-state index contributed by atoms with van der Waals surface area (Å²) in [6.45, 7) is 0. The summed E-state index contributed by atoms with van der Waals surface area (Å²) in [5, 5.41) is 33.7. The van der Waals surface area contributed by atoms with Gasteiger partial charge in [0, 0.05) is 29.4 Å². The zero-order valence-corrected chi connectivity index (χ0v) is 18.4. The van der Waals surface area contributed by atoms with Crippen LogP contribution in [-0.2, 0) is 15.8 Å². The molecule has 3 aromatic carbocycles. The first-order valence-electron chi connectivity index (χ1n) is 10.4. The highest BCUT2D eigenvalue weighted by atomic mass is 19.4. The molecule has 0 aliphatic carbocycles. The summed E-state index contributed by atoms with van der Waals surface area (Å²) in [5.41, 5.74) is -3.42. The van der Waals surface area contributed by atoms with Gasteiger partial charge in [-0.1, -0.05) is 18.2 Å². The lowest BCUT2D eigenvalue weighted by Gasteiger charge is -2.25. The van der Waals surface area contributed by atoms with Crippen LogP contribution in [0.2, 0.25) is 0 Å². The molecule has 1 saturated heterocycles. The van der Waals surface area contributed by atoms with Gasteiger partial charge >= 0.3 is 6.18 Å². The van der Waals surface area contributed by atoms with E-state index in [4.69, 9.17) is 0 Å². The quantitative estimate of drug-likeness (QED) is 0.163. The Morgan fingerprint density at radius 1 is 0.892 bits per heavy atom. The van der Waals surface area contributed by atoms with Crippen LogP contribution in [0.5, 0.6) is 0 Å². The van der Waals surface area contributed by atoms with Crippen LogP contribution in [0.25, 0.3) is 5.76 Å². The summed E-state index contributed by atoms with van der Waals surface area (Å²) >= 11 is 0. The zero-order chi connectivity index (χ0) is 27.1. The SMILES string of the molecule is O=C1C(=O)N(c2cccc(C(F)(F)F)c2)C(c2ccccc2[N+](=O)[O-])C1=C(O)c1ccc([N+](=O)[O-])cc1. The number of nitro benzene ring substituents is 2. The number of anilines is 1. The second-order valence-electron chi connectivity index (χ2n) is 7.84. The van der Waals surface area contributed by atoms with Crippen LogP contribution in [-0.4, -0.2) is 26.6 Å². The first-order chi connectivity index (χ1) is 17.4. The normalized spacial score (nSPS) is 17.2. The van der Waals surface area contributed by atoms with E-state index in [0.717, 1.165) is 48.5 Å². The van der Waals surface area contributed by atoms with Crippen molar-refractivity contribution < 1.29 is 37.7 Å². The van der Waals surface area contributed by atoms with E-state index in [2.05, 4.69) is 0 Å². The Balaban J connectivity index is 1.99. The van der Waals surface area contributed by atoms with Gasteiger partial charge in [-0.3, -0.25) is 34.7 Å². The van der Waals surface area contributed by atoms with Crippen molar-refractivity contribution in [2.75, 3.05) is 4.90 Å². The Hall–Kier alpha value is -5.07. The largest absolute Gasteiger partial charge is 0.507 e. The lowest BCUT2D eigenvalue weighted by Crippen LogP contribution is -2.30. The average molecular weight is 513 g/mol. The molecule has 0 saturated carbocycles. The molecule has 0 bridgehead atoms. The van der Waals surface area contributed by atoms with Gasteiger partial charge in [0.25, 0.3) is 23.1 Å². The van der Waals surface area contributed by atoms with Crippen LogP contribution in [0.4, 0.5) is 30.2 Å². The third kappa shape index (κ3) is 4.49. The van der Waals surface area contributed by atoms with E-state index in [-0.39, 0.29) is 22.5 Å². The number of halogens is 3. The fourth-order valence-corrected chi connectivity index (χ4v) is 4.01. The van der Waals surface area contributed by atoms with E-state index in [1.165, 1.54) is 18.2 Å². The molecule has 13 heteroatoms. The van der Waals surface area contributed by atoms with E-state index in [0.29, 0.717) is 11.0 Å². The topological polar surface area (TPSA) is 144 Å². The molecule has 3 aromatic rings. The number of rotatable bonds is 5. The highest BCUT2D eigenvalue weighted by Crippen LogP contribution is 2.45. The molecule has 1 aliphatic heterocycles. The Morgan fingerprint density at radius 2 is 1.54 bits per heavy atom. The molecule has 0 spiro atoms. The number of nitrogens with zero attached hydrogens (tertiary/aromatic N) is 3. The van der Waals surface area contributed by atoms with Gasteiger partial charge in [0.2, 0.25) is 0 Å². The zero-order valence-electron chi connectivity index (χ0n) is 18.4. The molecule has 1 heterocycles. The number of amides is 1. The molecular weight excluding hydrogens is 499 g/mol. The first-order valence-corrected chi connectivity index (χ1v) is 10.4. The highest BCUT2D eigenvalue weighted by Gasteiger charge is 2.49. The first kappa shape index (κ1) is 25.0. The van der Waals surface area contributed by atoms with E-state index in [1.54, 1.807) is 0 Å². The molecule has 1 atom stereocenters. The number of benzene rings is 3. The minimum atomic E-state index is -4.80. The molecule has 0 aromatic heterocycles. The molecule has 10 nitrogen and oxygen atoms in total. The van der Waals surface area contributed by atoms with Gasteiger partial charge in [0.15, 0.2) is 0 Å². The maximum absolute atomic E-state index is 13.4. The van der Waals surface area contributed by atoms with Gasteiger partial charge in [-0.25, -0.2) is 0 Å². The molecule has 1 amide bonds. The molecule has 1 N–H and O–H groups in total. The number of para-hydroxylation sites is 1. The molecule has 1 unspecified atom stereocenters. The van der Waals surface area contributed by atoms with Gasteiger partial charge in [-0.05, 0) is 36.4 Å². The predicted molar refractivity (Wildman–Crippen MR) is 122 cm³/mol. The van der Waals surface area contributed by atoms with Gasteiger partial charge in [-0.2, -0.15) is 13.2 Å². The summed E-state index contributed by atoms with van der Waals surface area (Å²) in [4.78, 5) is 48.1. The lowest BCUT2D eigenvalue weighted by atomic mass is 9.94. The molecule has 37 heavy (non-hydrogen) atoms. The van der Waals surface area contributed by atoms with Crippen molar-refractivity contribution in [3.63, 3.8) is 0 Å². The summed E-state index contributed by atoms with van der Waals surface area (Å²) in [5.74, 6) is -3.45. The second kappa shape index (κ2) is 9.18. The highest BCUT2D eigenvalue weighted by molar-refractivity contribution is 6.51. The van der Waals surface area contributed by atoms with Crippen molar-refractivity contribution >= 4 is 34.5 Å². The van der Waals surface area contributed by atoms with Crippen LogP contribution < -0.4 is 4.90 Å². The van der Waals surface area contributed by atoms with E-state index >= 15 is 0 Å². The number of aliphatic hydroxyl groups is 1. The molecule has 188 valence electrons. The number of hydrogen-bond donors (Lipinski definition) is 1. The number of carbonyl (C=O) groups is 2. The van der Waals surface area contributed by atoms with Gasteiger partial charge in [0.1, 0.15) is 11.8 Å². The van der Waals surface area contributed by atoms with Crippen LogP contribution >= 0.6 is 0 Å². The fraction of sp³-hybridized carbons (Fsp3) is 0.0833. The minimum absolute atomic E-state index is 0.128. The van der Waals surface area contributed by atoms with Crippen LogP contribution in [0.3, 0.4) is 0 Å². The third-order valence-corrected chi connectivity index (χ3v) is 5.68. The molecule has 0 radical (unpaired) electrons. The van der Waals surface area contributed by atoms with Crippen molar-refractivity contribution in [3.8, 4) is 0 Å². The fourth-order valence-electron chi connectivity index (χ4n) is 4.01. The summed E-state index contributed by atoms with van der Waals surface area (Å²) < 4.78 is 40.1. The number of carbonyl (C=O) groups excluding carboxylic acids is 2. The minimum Gasteiger partial charge on any atom is -0.507 e. The molecule has 1 fully saturated rings. The monoisotopic (exact) mass is 513 g/mol. The van der Waals surface area contributed by atoms with Crippen LogP contribution in [0.1, 0.15) is 22.7 Å². The van der Waals surface area contributed by atoms with Gasteiger partial charge in [-0.15, -0.1) is 0 Å². The predicted octanol–water partition coefficient (Wildman–Crippen LogP) is 5.15. The summed E-state index contributed by atoms with van der Waals surface area (Å²) in [7, 11) is 0. The summed E-state index contributed by atoms with van der Waals surface area (Å²) in [6, 6.07) is 11.0. The van der Waals surface area contributed by atoms with Gasteiger partial charge in [0.05, 0.1) is 26.5 Å². The Morgan fingerprint density at radius 3 is 2.14 bits per heavy atom. The lowest BCUT2D eigenvalue weighted by molar-refractivity contribution is -0.385. The number of non-ortho nitro benzene ring substituents is 1. The standard InChI is InChI=1S/C24H14F3N3O7/c25-24(26,27)14-4-3-5-16(12-14)28-20(17-6-1-2-7-18(17)30(36)37)19(22(32)23(28)33)21(31)13-8-10-15(11-9-13)29(34)35/h1-12,20,31H. The van der Waals surface area contributed by atoms with E-state index in [9.17, 15) is 48.1 Å². The molecule has 4 rings (SSSR count). The number of hydrogen-bond acceptors (Lipinski definition) is 7.